The average molecular weight is 336 g/mol. The van der Waals surface area contributed by atoms with Crippen LogP contribution in [0.3, 0.4) is 0 Å². The Hall–Kier alpha value is -0.790. The van der Waals surface area contributed by atoms with E-state index in [0.29, 0.717) is 24.7 Å². The Morgan fingerprint density at radius 3 is 2.39 bits per heavy atom. The molecule has 0 saturated carbocycles. The van der Waals surface area contributed by atoms with Crippen LogP contribution in [-0.4, -0.2) is 27.9 Å². The maximum Gasteiger partial charge on any atom is 0.209 e. The van der Waals surface area contributed by atoms with Gasteiger partial charge in [-0.05, 0) is 24.6 Å². The van der Waals surface area contributed by atoms with Gasteiger partial charge in [-0.3, -0.25) is 0 Å². The maximum absolute atomic E-state index is 11.2. The molecule has 0 fully saturated rings. The largest absolute Gasteiger partial charge is 0.486 e. The molecule has 1 aliphatic heterocycles. The van der Waals surface area contributed by atoms with Gasteiger partial charge in [-0.15, -0.1) is 0 Å². The highest BCUT2D eigenvalue weighted by atomic mass is 79.9. The molecule has 0 amide bonds. The number of halogens is 1. The predicted molar refractivity (Wildman–Crippen MR) is 71.5 cm³/mol. The fourth-order valence-corrected chi connectivity index (χ4v) is 3.23. The van der Waals surface area contributed by atoms with Crippen molar-refractivity contribution < 1.29 is 17.9 Å². The number of ether oxygens (including phenoxy) is 2. The van der Waals surface area contributed by atoms with Gasteiger partial charge >= 0.3 is 0 Å². The summed E-state index contributed by atoms with van der Waals surface area (Å²) in [7, 11) is -3.25. The number of hydrogen-bond donors (Lipinski definition) is 1. The highest BCUT2D eigenvalue weighted by molar-refractivity contribution is 9.10. The van der Waals surface area contributed by atoms with E-state index in [1.807, 2.05) is 0 Å². The summed E-state index contributed by atoms with van der Waals surface area (Å²) in [6.45, 7) is 2.80. The predicted octanol–water partition coefficient (Wildman–Crippen LogP) is 1.83. The standard InChI is InChI=1S/C11H14BrNO4S/c1-7(13-18(2,14)15)8-5-10-11(6-9(8)12)17-4-3-16-10/h5-7,13H,3-4H2,1-2H3/t7-/m0/s1. The third-order valence-corrected chi connectivity index (χ3v) is 3.99. The molecule has 7 heteroatoms. The lowest BCUT2D eigenvalue weighted by Gasteiger charge is -2.22. The van der Waals surface area contributed by atoms with Crippen molar-refractivity contribution in [2.24, 2.45) is 0 Å². The van der Waals surface area contributed by atoms with Crippen LogP contribution in [0.25, 0.3) is 0 Å². The molecule has 1 atom stereocenters. The quantitative estimate of drug-likeness (QED) is 0.915. The molecule has 1 aromatic carbocycles. The lowest BCUT2D eigenvalue weighted by molar-refractivity contribution is 0.171. The molecule has 100 valence electrons. The van der Waals surface area contributed by atoms with E-state index in [1.165, 1.54) is 0 Å². The van der Waals surface area contributed by atoms with Crippen LogP contribution in [0.15, 0.2) is 16.6 Å². The number of rotatable bonds is 3. The van der Waals surface area contributed by atoms with Crippen molar-refractivity contribution in [3.8, 4) is 11.5 Å². The van der Waals surface area contributed by atoms with Crippen LogP contribution in [0.2, 0.25) is 0 Å². The van der Waals surface area contributed by atoms with E-state index in [-0.39, 0.29) is 6.04 Å². The van der Waals surface area contributed by atoms with Crippen molar-refractivity contribution in [2.45, 2.75) is 13.0 Å². The van der Waals surface area contributed by atoms with Gasteiger partial charge in [0.2, 0.25) is 10.0 Å². The molecule has 0 spiro atoms. The Balaban J connectivity index is 2.33. The second-order valence-corrected chi connectivity index (χ2v) is 6.76. The SMILES string of the molecule is C[C@H](NS(C)(=O)=O)c1cc2c(cc1Br)OCCO2. The summed E-state index contributed by atoms with van der Waals surface area (Å²) in [5, 5.41) is 0. The Labute approximate surface area is 115 Å². The maximum atomic E-state index is 11.2. The number of sulfonamides is 1. The molecule has 1 heterocycles. The fraction of sp³-hybridized carbons (Fsp3) is 0.455. The van der Waals surface area contributed by atoms with Crippen LogP contribution in [-0.2, 0) is 10.0 Å². The van der Waals surface area contributed by atoms with E-state index < -0.39 is 10.0 Å². The van der Waals surface area contributed by atoms with E-state index in [1.54, 1.807) is 19.1 Å². The number of benzene rings is 1. The summed E-state index contributed by atoms with van der Waals surface area (Å²) in [6, 6.07) is 3.25. The smallest absolute Gasteiger partial charge is 0.209 e. The highest BCUT2D eigenvalue weighted by Gasteiger charge is 2.19. The normalized spacial score (nSPS) is 16.4. The summed E-state index contributed by atoms with van der Waals surface area (Å²) in [5.41, 5.74) is 0.810. The minimum atomic E-state index is -3.25. The second kappa shape index (κ2) is 5.07. The zero-order chi connectivity index (χ0) is 13.3. The molecule has 0 aromatic heterocycles. The molecule has 0 unspecified atom stereocenters. The summed E-state index contributed by atoms with van der Waals surface area (Å²) in [4.78, 5) is 0. The third-order valence-electron chi connectivity index (χ3n) is 2.52. The van der Waals surface area contributed by atoms with Crippen molar-refractivity contribution in [3.05, 3.63) is 22.2 Å². The summed E-state index contributed by atoms with van der Waals surface area (Å²) < 4.78 is 36.7. The van der Waals surface area contributed by atoms with Crippen LogP contribution < -0.4 is 14.2 Å². The molecule has 18 heavy (non-hydrogen) atoms. The van der Waals surface area contributed by atoms with E-state index in [9.17, 15) is 8.42 Å². The number of nitrogens with one attached hydrogen (secondary N) is 1. The first-order valence-electron chi connectivity index (χ1n) is 5.43. The van der Waals surface area contributed by atoms with E-state index >= 15 is 0 Å². The summed E-state index contributed by atoms with van der Waals surface area (Å²) in [6.07, 6.45) is 1.13. The average Bonchev–Trinajstić information content (AvgIpc) is 2.25. The molecule has 2 rings (SSSR count). The Morgan fingerprint density at radius 2 is 1.83 bits per heavy atom. The Bertz CT molecular complexity index is 558. The molecule has 1 aromatic rings. The minimum absolute atomic E-state index is 0.342. The van der Waals surface area contributed by atoms with Crippen LogP contribution >= 0.6 is 15.9 Å². The van der Waals surface area contributed by atoms with Gasteiger partial charge in [0.1, 0.15) is 13.2 Å². The van der Waals surface area contributed by atoms with Gasteiger partial charge in [0, 0.05) is 10.5 Å². The Morgan fingerprint density at radius 1 is 1.28 bits per heavy atom. The van der Waals surface area contributed by atoms with Crippen molar-refractivity contribution in [2.75, 3.05) is 19.5 Å². The molecule has 0 bridgehead atoms. The van der Waals surface area contributed by atoms with E-state index in [4.69, 9.17) is 9.47 Å². The van der Waals surface area contributed by atoms with E-state index in [2.05, 4.69) is 20.7 Å². The summed E-state index contributed by atoms with van der Waals surface area (Å²) >= 11 is 3.41. The number of fused-ring (bicyclic) bond motifs is 1. The highest BCUT2D eigenvalue weighted by Crippen LogP contribution is 2.37. The van der Waals surface area contributed by atoms with Crippen molar-refractivity contribution >= 4 is 26.0 Å². The lowest BCUT2D eigenvalue weighted by atomic mass is 10.1. The monoisotopic (exact) mass is 335 g/mol. The third kappa shape index (κ3) is 3.15. The first-order valence-corrected chi connectivity index (χ1v) is 8.11. The molecule has 5 nitrogen and oxygen atoms in total. The molecule has 1 aliphatic rings. The zero-order valence-corrected chi connectivity index (χ0v) is 12.5. The van der Waals surface area contributed by atoms with Gasteiger partial charge in [0.25, 0.3) is 0 Å². The van der Waals surface area contributed by atoms with Crippen molar-refractivity contribution in [1.82, 2.24) is 4.72 Å². The molecular weight excluding hydrogens is 322 g/mol. The van der Waals surface area contributed by atoms with Crippen LogP contribution in [0.4, 0.5) is 0 Å². The van der Waals surface area contributed by atoms with Gasteiger partial charge in [-0.2, -0.15) is 0 Å². The Kier molecular flexibility index (Phi) is 3.84. The minimum Gasteiger partial charge on any atom is -0.486 e. The van der Waals surface area contributed by atoms with Crippen LogP contribution in [0.1, 0.15) is 18.5 Å². The van der Waals surface area contributed by atoms with Crippen molar-refractivity contribution in [3.63, 3.8) is 0 Å². The van der Waals surface area contributed by atoms with Gasteiger partial charge in [0.15, 0.2) is 11.5 Å². The first kappa shape index (κ1) is 13.6. The van der Waals surface area contributed by atoms with Crippen LogP contribution in [0, 0.1) is 0 Å². The van der Waals surface area contributed by atoms with Crippen LogP contribution in [0.5, 0.6) is 11.5 Å². The van der Waals surface area contributed by atoms with Gasteiger partial charge in [-0.25, -0.2) is 13.1 Å². The molecule has 0 radical (unpaired) electrons. The molecular formula is C11H14BrNO4S. The van der Waals surface area contributed by atoms with E-state index in [0.717, 1.165) is 16.3 Å². The first-order chi connectivity index (χ1) is 8.37. The molecule has 0 saturated heterocycles. The van der Waals surface area contributed by atoms with Gasteiger partial charge in [0.05, 0.1) is 6.26 Å². The number of hydrogen-bond acceptors (Lipinski definition) is 4. The lowest BCUT2D eigenvalue weighted by Crippen LogP contribution is -2.26. The topological polar surface area (TPSA) is 64.6 Å². The molecule has 1 N–H and O–H groups in total. The second-order valence-electron chi connectivity index (χ2n) is 4.13. The fourth-order valence-electron chi connectivity index (χ4n) is 1.80. The van der Waals surface area contributed by atoms with Gasteiger partial charge < -0.3 is 9.47 Å². The van der Waals surface area contributed by atoms with Gasteiger partial charge in [-0.1, -0.05) is 15.9 Å². The summed E-state index contributed by atoms with van der Waals surface area (Å²) in [5.74, 6) is 1.31. The zero-order valence-electron chi connectivity index (χ0n) is 10.1. The van der Waals surface area contributed by atoms with Crippen molar-refractivity contribution in [1.29, 1.82) is 0 Å². The molecule has 0 aliphatic carbocycles.